The van der Waals surface area contributed by atoms with Crippen molar-refractivity contribution in [2.24, 2.45) is 0 Å². The molecule has 22 heavy (non-hydrogen) atoms. The Morgan fingerprint density at radius 2 is 2.00 bits per heavy atom. The van der Waals surface area contributed by atoms with Crippen LogP contribution in [0.25, 0.3) is 17.0 Å². The molecule has 0 aliphatic carbocycles. The number of nitrogens with zero attached hydrogens (tertiary/aromatic N) is 1. The standard InChI is InChI=1S/C18H22N2O2/c1-4-20(5-2)18(21)17(22-3)12-8-10-15-13-14-9-6-7-11-16(14)19-15/h6-13,19H,4-5H2,1-3H3. The van der Waals surface area contributed by atoms with Crippen molar-refractivity contribution >= 4 is 22.9 Å². The molecule has 0 bridgehead atoms. The van der Waals surface area contributed by atoms with Gasteiger partial charge in [0.15, 0.2) is 5.76 Å². The molecule has 0 unspecified atom stereocenters. The number of rotatable bonds is 6. The topological polar surface area (TPSA) is 45.3 Å². The van der Waals surface area contributed by atoms with Gasteiger partial charge in [0.2, 0.25) is 0 Å². The van der Waals surface area contributed by atoms with Crippen LogP contribution >= 0.6 is 0 Å². The Bertz CT molecular complexity index is 661. The van der Waals surface area contributed by atoms with Gasteiger partial charge in [-0.25, -0.2) is 0 Å². The van der Waals surface area contributed by atoms with Crippen LogP contribution in [0.2, 0.25) is 0 Å². The van der Waals surface area contributed by atoms with Crippen LogP contribution in [0.3, 0.4) is 0 Å². The lowest BCUT2D eigenvalue weighted by Gasteiger charge is -2.19. The number of allylic oxidation sites excluding steroid dienone is 2. The number of carbonyl (C=O) groups is 1. The summed E-state index contributed by atoms with van der Waals surface area (Å²) < 4.78 is 5.20. The van der Waals surface area contributed by atoms with Crippen LogP contribution in [0, 0.1) is 0 Å². The van der Waals surface area contributed by atoms with E-state index < -0.39 is 0 Å². The van der Waals surface area contributed by atoms with Crippen molar-refractivity contribution in [1.82, 2.24) is 9.88 Å². The average molecular weight is 298 g/mol. The number of nitrogens with one attached hydrogen (secondary N) is 1. The fourth-order valence-electron chi connectivity index (χ4n) is 2.32. The number of aromatic amines is 1. The SMILES string of the molecule is CCN(CC)C(=O)C(=CC=Cc1cc2ccccc2[nH]1)OC. The third kappa shape index (κ3) is 3.58. The summed E-state index contributed by atoms with van der Waals surface area (Å²) in [6.45, 7) is 5.24. The van der Waals surface area contributed by atoms with E-state index in [1.54, 1.807) is 11.0 Å². The predicted molar refractivity (Wildman–Crippen MR) is 90.4 cm³/mol. The minimum Gasteiger partial charge on any atom is -0.491 e. The molecule has 0 saturated heterocycles. The Hall–Kier alpha value is -2.49. The monoisotopic (exact) mass is 298 g/mol. The van der Waals surface area contributed by atoms with E-state index in [-0.39, 0.29) is 5.91 Å². The van der Waals surface area contributed by atoms with Crippen molar-refractivity contribution in [1.29, 1.82) is 0 Å². The maximum Gasteiger partial charge on any atom is 0.288 e. The van der Waals surface area contributed by atoms with Crippen molar-refractivity contribution in [3.63, 3.8) is 0 Å². The molecule has 0 fully saturated rings. The van der Waals surface area contributed by atoms with E-state index in [0.29, 0.717) is 18.8 Å². The molecule has 1 N–H and O–H groups in total. The van der Waals surface area contributed by atoms with E-state index in [1.165, 1.54) is 7.11 Å². The molecule has 1 amide bonds. The van der Waals surface area contributed by atoms with Crippen LogP contribution < -0.4 is 0 Å². The van der Waals surface area contributed by atoms with Crippen LogP contribution in [0.1, 0.15) is 19.5 Å². The largest absolute Gasteiger partial charge is 0.491 e. The molecule has 1 aromatic carbocycles. The van der Waals surface area contributed by atoms with Crippen LogP contribution in [0.5, 0.6) is 0 Å². The maximum absolute atomic E-state index is 12.2. The fraction of sp³-hybridized carbons (Fsp3) is 0.278. The van der Waals surface area contributed by atoms with Crippen LogP contribution in [0.15, 0.2) is 48.2 Å². The van der Waals surface area contributed by atoms with Crippen LogP contribution in [-0.4, -0.2) is 36.0 Å². The predicted octanol–water partition coefficient (Wildman–Crippen LogP) is 3.58. The van der Waals surface area contributed by atoms with Crippen molar-refractivity contribution < 1.29 is 9.53 Å². The van der Waals surface area contributed by atoms with Crippen LogP contribution in [-0.2, 0) is 9.53 Å². The molecule has 4 nitrogen and oxygen atoms in total. The molecular formula is C18H22N2O2. The lowest BCUT2D eigenvalue weighted by Crippen LogP contribution is -2.32. The number of H-pyrrole nitrogens is 1. The Balaban J connectivity index is 2.15. The molecule has 0 radical (unpaired) electrons. The van der Waals surface area contributed by atoms with Gasteiger partial charge in [-0.3, -0.25) is 4.79 Å². The van der Waals surface area contributed by atoms with Gasteiger partial charge in [0.25, 0.3) is 5.91 Å². The number of para-hydroxylation sites is 1. The van der Waals surface area contributed by atoms with E-state index in [2.05, 4.69) is 17.1 Å². The smallest absolute Gasteiger partial charge is 0.288 e. The first-order valence-electron chi connectivity index (χ1n) is 7.49. The third-order valence-electron chi connectivity index (χ3n) is 3.56. The minimum atomic E-state index is -0.0891. The van der Waals surface area contributed by atoms with Gasteiger partial charge in [-0.1, -0.05) is 24.3 Å². The summed E-state index contributed by atoms with van der Waals surface area (Å²) in [5.41, 5.74) is 2.08. The highest BCUT2D eigenvalue weighted by atomic mass is 16.5. The number of aromatic nitrogens is 1. The van der Waals surface area contributed by atoms with Crippen LogP contribution in [0.4, 0.5) is 0 Å². The second-order valence-corrected chi connectivity index (χ2v) is 4.88. The maximum atomic E-state index is 12.2. The van der Waals surface area contributed by atoms with Crippen molar-refractivity contribution in [2.45, 2.75) is 13.8 Å². The Morgan fingerprint density at radius 3 is 2.64 bits per heavy atom. The first kappa shape index (κ1) is 15.9. The number of hydrogen-bond donors (Lipinski definition) is 1. The molecule has 0 spiro atoms. The number of hydrogen-bond acceptors (Lipinski definition) is 2. The van der Waals surface area contributed by atoms with Gasteiger partial charge < -0.3 is 14.6 Å². The number of likely N-dealkylation sites (N-methyl/N-ethyl adjacent to an activating group) is 1. The molecule has 0 aliphatic heterocycles. The summed E-state index contributed by atoms with van der Waals surface area (Å²) in [5.74, 6) is 0.254. The lowest BCUT2D eigenvalue weighted by molar-refractivity contribution is -0.129. The summed E-state index contributed by atoms with van der Waals surface area (Å²) in [7, 11) is 1.52. The number of amides is 1. The van der Waals surface area contributed by atoms with E-state index in [9.17, 15) is 4.79 Å². The number of benzene rings is 1. The first-order chi connectivity index (χ1) is 10.7. The van der Waals surface area contributed by atoms with E-state index in [1.807, 2.05) is 44.2 Å². The number of methoxy groups -OCH3 is 1. The Labute approximate surface area is 131 Å². The molecule has 0 atom stereocenters. The van der Waals surface area contributed by atoms with Gasteiger partial charge >= 0.3 is 0 Å². The van der Waals surface area contributed by atoms with E-state index in [4.69, 9.17) is 4.74 Å². The molecule has 1 aromatic heterocycles. The van der Waals surface area contributed by atoms with Gasteiger partial charge in [-0.15, -0.1) is 0 Å². The van der Waals surface area contributed by atoms with E-state index in [0.717, 1.165) is 16.6 Å². The van der Waals surface area contributed by atoms with Gasteiger partial charge in [-0.05, 0) is 43.5 Å². The third-order valence-corrected chi connectivity index (χ3v) is 3.56. The molecule has 0 saturated carbocycles. The molecule has 4 heteroatoms. The summed E-state index contributed by atoms with van der Waals surface area (Å²) in [5, 5.41) is 1.16. The van der Waals surface area contributed by atoms with E-state index >= 15 is 0 Å². The fourth-order valence-corrected chi connectivity index (χ4v) is 2.32. The first-order valence-corrected chi connectivity index (χ1v) is 7.49. The minimum absolute atomic E-state index is 0.0891. The quantitative estimate of drug-likeness (QED) is 0.503. The highest BCUT2D eigenvalue weighted by Gasteiger charge is 2.14. The second-order valence-electron chi connectivity index (χ2n) is 4.88. The molecule has 2 rings (SSSR count). The Kier molecular flexibility index (Phi) is 5.42. The summed E-state index contributed by atoms with van der Waals surface area (Å²) in [6.07, 6.45) is 5.45. The molecule has 2 aromatic rings. The Morgan fingerprint density at radius 1 is 1.27 bits per heavy atom. The normalized spacial score (nSPS) is 12.0. The zero-order valence-electron chi connectivity index (χ0n) is 13.3. The lowest BCUT2D eigenvalue weighted by atomic mass is 10.2. The average Bonchev–Trinajstić information content (AvgIpc) is 2.95. The van der Waals surface area contributed by atoms with Crippen molar-refractivity contribution in [3.05, 3.63) is 53.9 Å². The molecule has 116 valence electrons. The van der Waals surface area contributed by atoms with Gasteiger partial charge in [0.1, 0.15) is 0 Å². The summed E-state index contributed by atoms with van der Waals surface area (Å²) in [4.78, 5) is 17.2. The zero-order valence-corrected chi connectivity index (χ0v) is 13.3. The zero-order chi connectivity index (χ0) is 15.9. The number of ether oxygens (including phenoxy) is 1. The van der Waals surface area contributed by atoms with Gasteiger partial charge in [0.05, 0.1) is 7.11 Å². The second kappa shape index (κ2) is 7.50. The summed E-state index contributed by atoms with van der Waals surface area (Å²) in [6, 6.07) is 10.2. The summed E-state index contributed by atoms with van der Waals surface area (Å²) >= 11 is 0. The van der Waals surface area contributed by atoms with Crippen molar-refractivity contribution in [2.75, 3.05) is 20.2 Å². The van der Waals surface area contributed by atoms with Crippen molar-refractivity contribution in [3.8, 4) is 0 Å². The number of fused-ring (bicyclic) bond motifs is 1. The molecular weight excluding hydrogens is 276 g/mol. The van der Waals surface area contributed by atoms with Gasteiger partial charge in [0, 0.05) is 24.3 Å². The highest BCUT2D eigenvalue weighted by molar-refractivity contribution is 5.92. The molecule has 0 aliphatic rings. The number of carbonyl (C=O) groups excluding carboxylic acids is 1. The van der Waals surface area contributed by atoms with Gasteiger partial charge in [-0.2, -0.15) is 0 Å². The highest BCUT2D eigenvalue weighted by Crippen LogP contribution is 2.15. The molecule has 1 heterocycles.